The summed E-state index contributed by atoms with van der Waals surface area (Å²) in [6.07, 6.45) is 2.82. The molecule has 3 rings (SSSR count). The van der Waals surface area contributed by atoms with Crippen LogP contribution in [0.15, 0.2) is 24.4 Å². The highest BCUT2D eigenvalue weighted by atomic mass is 15.1. The first kappa shape index (κ1) is 12.9. The lowest BCUT2D eigenvalue weighted by molar-refractivity contribution is 0.691. The van der Waals surface area contributed by atoms with Gasteiger partial charge in [-0.05, 0) is 24.6 Å². The zero-order valence-electron chi connectivity index (χ0n) is 11.6. The summed E-state index contributed by atoms with van der Waals surface area (Å²) >= 11 is 0. The number of anilines is 2. The van der Waals surface area contributed by atoms with E-state index in [4.69, 9.17) is 11.5 Å². The number of nitrogens with zero attached hydrogens (tertiary/aromatic N) is 3. The second-order valence-corrected chi connectivity index (χ2v) is 5.18. The zero-order chi connectivity index (χ0) is 14.1. The minimum Gasteiger partial charge on any atom is -0.399 e. The molecule has 1 aromatic carbocycles. The standard InChI is InChI=1S/C15H19N5/c1-10-2-3-12(17)6-14(10)20-5-4-13-11(9-20)8-18-15(7-16)19-13/h2-3,6,8H,4-5,7,9,16-17H2,1H3. The van der Waals surface area contributed by atoms with Crippen LogP contribution in [0.5, 0.6) is 0 Å². The summed E-state index contributed by atoms with van der Waals surface area (Å²) in [4.78, 5) is 11.1. The summed E-state index contributed by atoms with van der Waals surface area (Å²) in [7, 11) is 0. The molecule has 0 bridgehead atoms. The number of fused-ring (bicyclic) bond motifs is 1. The number of benzene rings is 1. The van der Waals surface area contributed by atoms with Crippen LogP contribution in [0.3, 0.4) is 0 Å². The molecule has 0 saturated heterocycles. The van der Waals surface area contributed by atoms with Gasteiger partial charge in [-0.1, -0.05) is 6.07 Å². The average molecular weight is 269 g/mol. The smallest absolute Gasteiger partial charge is 0.142 e. The largest absolute Gasteiger partial charge is 0.399 e. The minimum atomic E-state index is 0.394. The number of hydrogen-bond donors (Lipinski definition) is 2. The molecule has 1 aliphatic heterocycles. The molecule has 0 aliphatic carbocycles. The van der Waals surface area contributed by atoms with Crippen molar-refractivity contribution in [2.75, 3.05) is 17.2 Å². The predicted octanol–water partition coefficient (Wildman–Crippen LogP) is 1.39. The summed E-state index contributed by atoms with van der Waals surface area (Å²) in [5.74, 6) is 0.720. The predicted molar refractivity (Wildman–Crippen MR) is 80.3 cm³/mol. The lowest BCUT2D eigenvalue weighted by Gasteiger charge is -2.31. The number of nitrogens with two attached hydrogens (primary N) is 2. The van der Waals surface area contributed by atoms with Crippen molar-refractivity contribution < 1.29 is 0 Å². The third-order valence-electron chi connectivity index (χ3n) is 3.74. The molecule has 0 unspecified atom stereocenters. The van der Waals surface area contributed by atoms with Crippen molar-refractivity contribution in [3.05, 3.63) is 47.0 Å². The molecule has 0 amide bonds. The van der Waals surface area contributed by atoms with Gasteiger partial charge in [0.15, 0.2) is 0 Å². The first-order valence-electron chi connectivity index (χ1n) is 6.82. The summed E-state index contributed by atoms with van der Waals surface area (Å²) in [6, 6.07) is 6.04. The van der Waals surface area contributed by atoms with E-state index in [2.05, 4.69) is 27.9 Å². The highest BCUT2D eigenvalue weighted by Gasteiger charge is 2.19. The van der Waals surface area contributed by atoms with Crippen molar-refractivity contribution in [1.82, 2.24) is 9.97 Å². The van der Waals surface area contributed by atoms with Crippen molar-refractivity contribution in [2.24, 2.45) is 5.73 Å². The maximum atomic E-state index is 5.90. The molecule has 0 radical (unpaired) electrons. The topological polar surface area (TPSA) is 81.1 Å². The quantitative estimate of drug-likeness (QED) is 0.805. The molecule has 0 atom stereocenters. The Hall–Kier alpha value is -2.14. The van der Waals surface area contributed by atoms with Crippen LogP contribution >= 0.6 is 0 Å². The van der Waals surface area contributed by atoms with Crippen molar-refractivity contribution in [2.45, 2.75) is 26.4 Å². The average Bonchev–Trinajstić information content (AvgIpc) is 2.48. The Balaban J connectivity index is 1.90. The van der Waals surface area contributed by atoms with Crippen LogP contribution < -0.4 is 16.4 Å². The molecule has 1 aliphatic rings. The van der Waals surface area contributed by atoms with E-state index in [0.717, 1.165) is 36.7 Å². The molecular formula is C15H19N5. The van der Waals surface area contributed by atoms with Crippen molar-refractivity contribution in [3.8, 4) is 0 Å². The fourth-order valence-electron chi connectivity index (χ4n) is 2.63. The maximum Gasteiger partial charge on any atom is 0.142 e. The molecule has 4 N–H and O–H groups in total. The molecule has 0 fully saturated rings. The Kier molecular flexibility index (Phi) is 3.28. The molecular weight excluding hydrogens is 250 g/mol. The van der Waals surface area contributed by atoms with E-state index < -0.39 is 0 Å². The van der Waals surface area contributed by atoms with Gasteiger partial charge in [-0.3, -0.25) is 0 Å². The number of aryl methyl sites for hydroxylation is 1. The minimum absolute atomic E-state index is 0.394. The number of rotatable bonds is 2. The normalized spacial score (nSPS) is 14.2. The van der Waals surface area contributed by atoms with Gasteiger partial charge in [-0.25, -0.2) is 9.97 Å². The molecule has 2 aromatic rings. The highest BCUT2D eigenvalue weighted by Crippen LogP contribution is 2.27. The van der Waals surface area contributed by atoms with E-state index in [1.165, 1.54) is 16.8 Å². The molecule has 0 spiro atoms. The van der Waals surface area contributed by atoms with Gasteiger partial charge in [0, 0.05) is 42.6 Å². The van der Waals surface area contributed by atoms with E-state index in [0.29, 0.717) is 6.54 Å². The van der Waals surface area contributed by atoms with Crippen molar-refractivity contribution >= 4 is 11.4 Å². The molecule has 5 nitrogen and oxygen atoms in total. The summed E-state index contributed by atoms with van der Waals surface area (Å²) in [5, 5.41) is 0. The third kappa shape index (κ3) is 2.32. The Labute approximate surface area is 118 Å². The lowest BCUT2D eigenvalue weighted by atomic mass is 10.0. The molecule has 2 heterocycles. The van der Waals surface area contributed by atoms with E-state index in [9.17, 15) is 0 Å². The van der Waals surface area contributed by atoms with Crippen molar-refractivity contribution in [3.63, 3.8) is 0 Å². The molecule has 0 saturated carbocycles. The van der Waals surface area contributed by atoms with Gasteiger partial charge in [0.05, 0.1) is 12.2 Å². The zero-order valence-corrected chi connectivity index (χ0v) is 11.6. The van der Waals surface area contributed by atoms with Crippen molar-refractivity contribution in [1.29, 1.82) is 0 Å². The van der Waals surface area contributed by atoms with E-state index in [1.54, 1.807) is 0 Å². The van der Waals surface area contributed by atoms with Crippen LogP contribution in [-0.4, -0.2) is 16.5 Å². The maximum absolute atomic E-state index is 5.90. The van der Waals surface area contributed by atoms with E-state index in [-0.39, 0.29) is 0 Å². The van der Waals surface area contributed by atoms with Crippen LogP contribution in [-0.2, 0) is 19.5 Å². The van der Waals surface area contributed by atoms with Gasteiger partial charge in [-0.2, -0.15) is 0 Å². The summed E-state index contributed by atoms with van der Waals surface area (Å²) < 4.78 is 0. The number of nitrogen functional groups attached to an aromatic ring is 1. The second-order valence-electron chi connectivity index (χ2n) is 5.18. The number of aromatic nitrogens is 2. The first-order valence-corrected chi connectivity index (χ1v) is 6.82. The third-order valence-corrected chi connectivity index (χ3v) is 3.74. The monoisotopic (exact) mass is 269 g/mol. The van der Waals surface area contributed by atoms with Gasteiger partial charge in [0.2, 0.25) is 0 Å². The summed E-state index contributed by atoms with van der Waals surface area (Å²) in [5.41, 5.74) is 17.0. The van der Waals surface area contributed by atoms with Crippen LogP contribution in [0.2, 0.25) is 0 Å². The first-order chi connectivity index (χ1) is 9.67. The molecule has 104 valence electrons. The SMILES string of the molecule is Cc1ccc(N)cc1N1CCc2nc(CN)ncc2C1. The Bertz CT molecular complexity index is 638. The Morgan fingerprint density at radius 3 is 3.00 bits per heavy atom. The number of hydrogen-bond acceptors (Lipinski definition) is 5. The molecule has 5 heteroatoms. The van der Waals surface area contributed by atoms with E-state index >= 15 is 0 Å². The van der Waals surface area contributed by atoms with Crippen LogP contribution in [0.25, 0.3) is 0 Å². The molecule has 20 heavy (non-hydrogen) atoms. The van der Waals surface area contributed by atoms with Crippen LogP contribution in [0.4, 0.5) is 11.4 Å². The van der Waals surface area contributed by atoms with Crippen LogP contribution in [0.1, 0.15) is 22.6 Å². The van der Waals surface area contributed by atoms with Gasteiger partial charge in [0.1, 0.15) is 5.82 Å². The molecule has 1 aromatic heterocycles. The van der Waals surface area contributed by atoms with Gasteiger partial charge >= 0.3 is 0 Å². The van der Waals surface area contributed by atoms with Crippen LogP contribution in [0, 0.1) is 6.92 Å². The second kappa shape index (κ2) is 5.09. The summed E-state index contributed by atoms with van der Waals surface area (Å²) in [6.45, 7) is 4.27. The Morgan fingerprint density at radius 1 is 1.35 bits per heavy atom. The lowest BCUT2D eigenvalue weighted by Crippen LogP contribution is -2.32. The van der Waals surface area contributed by atoms with E-state index in [1.807, 2.05) is 18.3 Å². The van der Waals surface area contributed by atoms with Gasteiger partial charge in [-0.15, -0.1) is 0 Å². The fourth-order valence-corrected chi connectivity index (χ4v) is 2.63. The fraction of sp³-hybridized carbons (Fsp3) is 0.333. The Morgan fingerprint density at radius 2 is 2.20 bits per heavy atom. The highest BCUT2D eigenvalue weighted by molar-refractivity contribution is 5.61. The van der Waals surface area contributed by atoms with Gasteiger partial charge < -0.3 is 16.4 Å². The van der Waals surface area contributed by atoms with Gasteiger partial charge in [0.25, 0.3) is 0 Å².